The summed E-state index contributed by atoms with van der Waals surface area (Å²) >= 11 is 3.40. The number of ether oxygens (including phenoxy) is 1. The lowest BCUT2D eigenvalue weighted by molar-refractivity contribution is 0.0948. The van der Waals surface area contributed by atoms with Crippen molar-refractivity contribution >= 4 is 21.8 Å². The SMILES string of the molecule is COc1ccc(O)c(C(=O)NCc2cccc(CBr)c2)c1. The van der Waals surface area contributed by atoms with Gasteiger partial charge < -0.3 is 15.2 Å². The molecule has 0 bridgehead atoms. The molecule has 2 rings (SSSR count). The zero-order valence-electron chi connectivity index (χ0n) is 11.6. The van der Waals surface area contributed by atoms with Crippen LogP contribution < -0.4 is 10.1 Å². The average Bonchev–Trinajstić information content (AvgIpc) is 2.53. The Morgan fingerprint density at radius 3 is 2.71 bits per heavy atom. The van der Waals surface area contributed by atoms with E-state index in [-0.39, 0.29) is 17.2 Å². The molecule has 2 aromatic carbocycles. The summed E-state index contributed by atoms with van der Waals surface area (Å²) in [5.74, 6) is 0.123. The Morgan fingerprint density at radius 2 is 2.00 bits per heavy atom. The van der Waals surface area contributed by atoms with Gasteiger partial charge in [0.05, 0.1) is 12.7 Å². The van der Waals surface area contributed by atoms with Gasteiger partial charge in [-0.15, -0.1) is 0 Å². The van der Waals surface area contributed by atoms with E-state index in [4.69, 9.17) is 4.74 Å². The van der Waals surface area contributed by atoms with Crippen molar-refractivity contribution in [2.75, 3.05) is 7.11 Å². The van der Waals surface area contributed by atoms with Crippen LogP contribution >= 0.6 is 15.9 Å². The van der Waals surface area contributed by atoms with Crippen LogP contribution in [0.1, 0.15) is 21.5 Å². The molecule has 5 heteroatoms. The smallest absolute Gasteiger partial charge is 0.255 e. The summed E-state index contributed by atoms with van der Waals surface area (Å²) in [6, 6.07) is 12.5. The van der Waals surface area contributed by atoms with Crippen LogP contribution in [0.4, 0.5) is 0 Å². The minimum Gasteiger partial charge on any atom is -0.507 e. The van der Waals surface area contributed by atoms with Crippen LogP contribution in [-0.4, -0.2) is 18.1 Å². The molecule has 110 valence electrons. The molecule has 4 nitrogen and oxygen atoms in total. The molecule has 0 unspecified atom stereocenters. The third kappa shape index (κ3) is 3.98. The Hall–Kier alpha value is -2.01. The van der Waals surface area contributed by atoms with Crippen molar-refractivity contribution in [1.82, 2.24) is 5.32 Å². The van der Waals surface area contributed by atoms with Crippen LogP contribution in [0.5, 0.6) is 11.5 Å². The van der Waals surface area contributed by atoms with Crippen molar-refractivity contribution in [3.05, 3.63) is 59.2 Å². The number of nitrogens with one attached hydrogen (secondary N) is 1. The Bertz CT molecular complexity index is 643. The third-order valence-corrected chi connectivity index (χ3v) is 3.69. The zero-order valence-corrected chi connectivity index (χ0v) is 13.2. The van der Waals surface area contributed by atoms with E-state index < -0.39 is 0 Å². The second-order valence-electron chi connectivity index (χ2n) is 4.52. The van der Waals surface area contributed by atoms with Crippen molar-refractivity contribution in [3.63, 3.8) is 0 Å². The molecule has 0 atom stereocenters. The van der Waals surface area contributed by atoms with Gasteiger partial charge in [0, 0.05) is 11.9 Å². The number of alkyl halides is 1. The van der Waals surface area contributed by atoms with E-state index in [1.165, 1.54) is 19.2 Å². The summed E-state index contributed by atoms with van der Waals surface area (Å²) in [7, 11) is 1.51. The van der Waals surface area contributed by atoms with Gasteiger partial charge in [0.1, 0.15) is 11.5 Å². The summed E-state index contributed by atoms with van der Waals surface area (Å²) in [6.45, 7) is 0.399. The second kappa shape index (κ2) is 7.13. The highest BCUT2D eigenvalue weighted by atomic mass is 79.9. The van der Waals surface area contributed by atoms with Gasteiger partial charge in [-0.3, -0.25) is 4.79 Å². The maximum atomic E-state index is 12.1. The van der Waals surface area contributed by atoms with Crippen LogP contribution in [0.25, 0.3) is 0 Å². The van der Waals surface area contributed by atoms with E-state index in [1.807, 2.05) is 24.3 Å². The van der Waals surface area contributed by atoms with Gasteiger partial charge in [0.15, 0.2) is 0 Å². The normalized spacial score (nSPS) is 10.2. The van der Waals surface area contributed by atoms with Crippen LogP contribution in [0.2, 0.25) is 0 Å². The van der Waals surface area contributed by atoms with Crippen molar-refractivity contribution < 1.29 is 14.6 Å². The maximum Gasteiger partial charge on any atom is 0.255 e. The maximum absolute atomic E-state index is 12.1. The molecular formula is C16H16BrNO3. The lowest BCUT2D eigenvalue weighted by Gasteiger charge is -2.09. The van der Waals surface area contributed by atoms with E-state index >= 15 is 0 Å². The first-order chi connectivity index (χ1) is 10.1. The predicted octanol–water partition coefficient (Wildman–Crippen LogP) is 3.23. The average molecular weight is 350 g/mol. The summed E-state index contributed by atoms with van der Waals surface area (Å²) in [4.78, 5) is 12.1. The highest BCUT2D eigenvalue weighted by Crippen LogP contribution is 2.22. The predicted molar refractivity (Wildman–Crippen MR) is 84.9 cm³/mol. The third-order valence-electron chi connectivity index (χ3n) is 3.05. The highest BCUT2D eigenvalue weighted by Gasteiger charge is 2.12. The number of phenolic OH excluding ortho intramolecular Hbond substituents is 1. The first kappa shape index (κ1) is 15.4. The van der Waals surface area contributed by atoms with E-state index in [0.29, 0.717) is 12.3 Å². The van der Waals surface area contributed by atoms with E-state index in [9.17, 15) is 9.90 Å². The Labute approximate surface area is 131 Å². The first-order valence-corrected chi connectivity index (χ1v) is 7.55. The Morgan fingerprint density at radius 1 is 1.24 bits per heavy atom. The van der Waals surface area contributed by atoms with Gasteiger partial charge in [-0.2, -0.15) is 0 Å². The minimum atomic E-state index is -0.337. The molecule has 21 heavy (non-hydrogen) atoms. The fraction of sp³-hybridized carbons (Fsp3) is 0.188. The van der Waals surface area contributed by atoms with Gasteiger partial charge >= 0.3 is 0 Å². The van der Waals surface area contributed by atoms with Gasteiger partial charge in [-0.1, -0.05) is 40.2 Å². The Kier molecular flexibility index (Phi) is 5.22. The molecule has 0 aliphatic carbocycles. The lowest BCUT2D eigenvalue weighted by Crippen LogP contribution is -2.23. The summed E-state index contributed by atoms with van der Waals surface area (Å²) < 4.78 is 5.06. The molecule has 0 radical (unpaired) electrons. The molecular weight excluding hydrogens is 334 g/mol. The molecule has 0 saturated heterocycles. The van der Waals surface area contributed by atoms with Gasteiger partial charge in [0.2, 0.25) is 0 Å². The topological polar surface area (TPSA) is 58.6 Å². The van der Waals surface area contributed by atoms with Crippen LogP contribution in [0, 0.1) is 0 Å². The quantitative estimate of drug-likeness (QED) is 0.814. The monoisotopic (exact) mass is 349 g/mol. The number of rotatable bonds is 5. The minimum absolute atomic E-state index is 0.0671. The lowest BCUT2D eigenvalue weighted by atomic mass is 10.1. The number of amides is 1. The first-order valence-electron chi connectivity index (χ1n) is 6.43. The van der Waals surface area contributed by atoms with Gasteiger partial charge in [0.25, 0.3) is 5.91 Å². The van der Waals surface area contributed by atoms with Gasteiger partial charge in [-0.05, 0) is 29.3 Å². The standard InChI is InChI=1S/C16H16BrNO3/c1-21-13-5-6-15(19)14(8-13)16(20)18-10-12-4-2-3-11(7-12)9-17/h2-8,19H,9-10H2,1H3,(H,18,20). The zero-order chi connectivity index (χ0) is 15.2. The van der Waals surface area contributed by atoms with Crippen molar-refractivity contribution in [2.24, 2.45) is 0 Å². The van der Waals surface area contributed by atoms with Crippen LogP contribution in [0.15, 0.2) is 42.5 Å². The molecule has 1 amide bonds. The number of halogens is 1. The van der Waals surface area contributed by atoms with Crippen LogP contribution in [0.3, 0.4) is 0 Å². The number of benzene rings is 2. The van der Waals surface area contributed by atoms with Crippen molar-refractivity contribution in [2.45, 2.75) is 11.9 Å². The van der Waals surface area contributed by atoms with Gasteiger partial charge in [-0.25, -0.2) is 0 Å². The molecule has 0 fully saturated rings. The molecule has 0 saturated carbocycles. The van der Waals surface area contributed by atoms with Crippen molar-refractivity contribution in [1.29, 1.82) is 0 Å². The number of carbonyl (C=O) groups is 1. The summed E-state index contributed by atoms with van der Waals surface area (Å²) in [5, 5.41) is 13.3. The van der Waals surface area contributed by atoms with E-state index in [0.717, 1.165) is 16.5 Å². The molecule has 2 N–H and O–H groups in total. The second-order valence-corrected chi connectivity index (χ2v) is 5.08. The van der Waals surface area contributed by atoms with Crippen LogP contribution in [-0.2, 0) is 11.9 Å². The molecule has 0 aromatic heterocycles. The molecule has 0 aliphatic heterocycles. The summed E-state index contributed by atoms with van der Waals surface area (Å²) in [6.07, 6.45) is 0. The summed E-state index contributed by atoms with van der Waals surface area (Å²) in [5.41, 5.74) is 2.35. The fourth-order valence-electron chi connectivity index (χ4n) is 1.92. The number of hydrogen-bond acceptors (Lipinski definition) is 3. The highest BCUT2D eigenvalue weighted by molar-refractivity contribution is 9.08. The van der Waals surface area contributed by atoms with Crippen molar-refractivity contribution in [3.8, 4) is 11.5 Å². The number of methoxy groups -OCH3 is 1. The number of hydrogen-bond donors (Lipinski definition) is 2. The Balaban J connectivity index is 2.07. The molecule has 0 aliphatic rings. The largest absolute Gasteiger partial charge is 0.507 e. The number of carbonyl (C=O) groups excluding carboxylic acids is 1. The fourth-order valence-corrected chi connectivity index (χ4v) is 2.27. The van der Waals surface area contributed by atoms with E-state index in [1.54, 1.807) is 6.07 Å². The number of aromatic hydroxyl groups is 1. The molecule has 0 spiro atoms. The van der Waals surface area contributed by atoms with E-state index in [2.05, 4.69) is 21.2 Å². The molecule has 0 heterocycles. The molecule has 2 aromatic rings. The number of phenols is 1.